The van der Waals surface area contributed by atoms with Gasteiger partial charge in [0.25, 0.3) is 5.56 Å². The smallest absolute Gasteiger partial charge is 0.272 e. The second-order valence-corrected chi connectivity index (χ2v) is 7.55. The van der Waals surface area contributed by atoms with Crippen molar-refractivity contribution in [3.8, 4) is 17.1 Å². The second-order valence-electron chi connectivity index (χ2n) is 7.55. The van der Waals surface area contributed by atoms with Gasteiger partial charge >= 0.3 is 0 Å². The molecule has 0 saturated carbocycles. The van der Waals surface area contributed by atoms with E-state index in [-0.39, 0.29) is 17.9 Å². The molecule has 0 saturated heterocycles. The van der Waals surface area contributed by atoms with Crippen LogP contribution in [-0.4, -0.2) is 45.9 Å². The minimum Gasteiger partial charge on any atom is -0.494 e. The normalized spacial score (nSPS) is 10.9. The molecule has 10 heteroatoms. The molecule has 0 aliphatic rings. The summed E-state index contributed by atoms with van der Waals surface area (Å²) in [4.78, 5) is 28.4. The number of fused-ring (bicyclic) bond motifs is 1. The van der Waals surface area contributed by atoms with Crippen LogP contribution in [-0.2, 0) is 11.2 Å². The third-order valence-corrected chi connectivity index (χ3v) is 5.10. The van der Waals surface area contributed by atoms with Gasteiger partial charge in [-0.15, -0.1) is 0 Å². The summed E-state index contributed by atoms with van der Waals surface area (Å²) in [5.41, 5.74) is 0.573. The molecule has 0 radical (unpaired) electrons. The number of amides is 1. The lowest BCUT2D eigenvalue weighted by Gasteiger charge is -2.08. The van der Waals surface area contributed by atoms with Crippen LogP contribution in [0.15, 0.2) is 57.8 Å². The summed E-state index contributed by atoms with van der Waals surface area (Å²) in [7, 11) is 0. The van der Waals surface area contributed by atoms with Gasteiger partial charge in [-0.2, -0.15) is 10.1 Å². The lowest BCUT2D eigenvalue weighted by atomic mass is 10.2. The van der Waals surface area contributed by atoms with Crippen molar-refractivity contribution in [2.45, 2.75) is 26.2 Å². The minimum atomic E-state index is -0.221. The standard InChI is InChI=1S/C24H26N6O4/c1-2-33-17-8-5-7-16(15-17)22-27-21(34-30-22)12-11-20(31)25-13-6-14-26-23-18-9-3-4-10-19(18)24(32)29-28-23/h3-5,7-10,15H,2,6,11-14H2,1H3,(H,25,31)(H,26,28)(H,29,32). The molecular weight excluding hydrogens is 436 g/mol. The molecule has 0 aliphatic heterocycles. The Morgan fingerprint density at radius 3 is 2.82 bits per heavy atom. The van der Waals surface area contributed by atoms with Gasteiger partial charge in [-0.3, -0.25) is 9.59 Å². The molecule has 0 unspecified atom stereocenters. The molecule has 0 fully saturated rings. The molecule has 4 aromatic rings. The molecule has 1 amide bonds. The summed E-state index contributed by atoms with van der Waals surface area (Å²) in [6, 6.07) is 14.7. The van der Waals surface area contributed by atoms with Crippen LogP contribution in [0.4, 0.5) is 5.82 Å². The Kier molecular flexibility index (Phi) is 7.49. The monoisotopic (exact) mass is 462 g/mol. The molecule has 4 rings (SSSR count). The Balaban J connectivity index is 1.19. The van der Waals surface area contributed by atoms with Crippen LogP contribution in [0, 0.1) is 0 Å². The fourth-order valence-electron chi connectivity index (χ4n) is 3.45. The van der Waals surface area contributed by atoms with Crippen LogP contribution in [0.2, 0.25) is 0 Å². The Hall–Kier alpha value is -4.21. The number of rotatable bonds is 11. The molecule has 34 heavy (non-hydrogen) atoms. The Morgan fingerprint density at radius 1 is 1.12 bits per heavy atom. The van der Waals surface area contributed by atoms with Gasteiger partial charge < -0.3 is 19.9 Å². The largest absolute Gasteiger partial charge is 0.494 e. The summed E-state index contributed by atoms with van der Waals surface area (Å²) in [6.45, 7) is 3.60. The van der Waals surface area contributed by atoms with Crippen molar-refractivity contribution in [3.05, 3.63) is 64.8 Å². The van der Waals surface area contributed by atoms with E-state index in [1.807, 2.05) is 49.4 Å². The predicted molar refractivity (Wildman–Crippen MR) is 128 cm³/mol. The number of hydrogen-bond donors (Lipinski definition) is 3. The summed E-state index contributed by atoms with van der Waals surface area (Å²) >= 11 is 0. The number of anilines is 1. The highest BCUT2D eigenvalue weighted by Crippen LogP contribution is 2.22. The molecule has 176 valence electrons. The van der Waals surface area contributed by atoms with E-state index in [0.29, 0.717) is 55.5 Å². The zero-order valence-corrected chi connectivity index (χ0v) is 18.8. The van der Waals surface area contributed by atoms with Gasteiger partial charge in [0.15, 0.2) is 5.82 Å². The minimum absolute atomic E-state index is 0.0919. The maximum Gasteiger partial charge on any atom is 0.272 e. The van der Waals surface area contributed by atoms with Gasteiger partial charge in [0, 0.05) is 36.9 Å². The molecular formula is C24H26N6O4. The summed E-state index contributed by atoms with van der Waals surface area (Å²) in [6.07, 6.45) is 1.30. The van der Waals surface area contributed by atoms with E-state index >= 15 is 0 Å². The molecule has 10 nitrogen and oxygen atoms in total. The number of aryl methyl sites for hydroxylation is 1. The lowest BCUT2D eigenvalue weighted by Crippen LogP contribution is -2.26. The van der Waals surface area contributed by atoms with Gasteiger partial charge in [-0.05, 0) is 31.5 Å². The number of benzene rings is 2. The average molecular weight is 463 g/mol. The van der Waals surface area contributed by atoms with Gasteiger partial charge in [-0.1, -0.05) is 35.5 Å². The number of aromatic amines is 1. The van der Waals surface area contributed by atoms with Crippen molar-refractivity contribution < 1.29 is 14.1 Å². The molecule has 0 bridgehead atoms. The first-order valence-electron chi connectivity index (χ1n) is 11.2. The van der Waals surface area contributed by atoms with E-state index in [0.717, 1.165) is 16.7 Å². The van der Waals surface area contributed by atoms with E-state index in [1.165, 1.54) is 0 Å². The molecule has 0 spiro atoms. The second kappa shape index (κ2) is 11.1. The van der Waals surface area contributed by atoms with Crippen LogP contribution in [0.25, 0.3) is 22.2 Å². The van der Waals surface area contributed by atoms with Crippen LogP contribution in [0.5, 0.6) is 5.75 Å². The van der Waals surface area contributed by atoms with Crippen molar-refractivity contribution in [1.29, 1.82) is 0 Å². The maximum absolute atomic E-state index is 12.2. The van der Waals surface area contributed by atoms with Crippen LogP contribution in [0.1, 0.15) is 25.7 Å². The topological polar surface area (TPSA) is 135 Å². The summed E-state index contributed by atoms with van der Waals surface area (Å²) < 4.78 is 10.8. The van der Waals surface area contributed by atoms with Crippen molar-refractivity contribution in [3.63, 3.8) is 0 Å². The van der Waals surface area contributed by atoms with E-state index in [2.05, 4.69) is 31.0 Å². The number of nitrogens with one attached hydrogen (secondary N) is 3. The van der Waals surface area contributed by atoms with Crippen molar-refractivity contribution >= 4 is 22.5 Å². The number of hydrogen-bond acceptors (Lipinski definition) is 8. The first-order chi connectivity index (χ1) is 16.6. The molecule has 2 aromatic carbocycles. The van der Waals surface area contributed by atoms with Crippen LogP contribution < -0.4 is 20.9 Å². The first kappa shape index (κ1) is 23.0. The quantitative estimate of drug-likeness (QED) is 0.290. The molecule has 0 atom stereocenters. The highest BCUT2D eigenvalue weighted by molar-refractivity contribution is 5.90. The Morgan fingerprint density at radius 2 is 1.97 bits per heavy atom. The van der Waals surface area contributed by atoms with Crippen LogP contribution in [0.3, 0.4) is 0 Å². The van der Waals surface area contributed by atoms with Crippen molar-refractivity contribution in [2.75, 3.05) is 25.0 Å². The lowest BCUT2D eigenvalue weighted by molar-refractivity contribution is -0.121. The van der Waals surface area contributed by atoms with Crippen molar-refractivity contribution in [1.82, 2.24) is 25.7 Å². The molecule has 2 heterocycles. The SMILES string of the molecule is CCOc1cccc(-c2noc(CCC(=O)NCCCNc3n[nH]c(=O)c4ccccc34)n2)c1. The number of aromatic nitrogens is 4. The molecule has 3 N–H and O–H groups in total. The average Bonchev–Trinajstić information content (AvgIpc) is 3.34. The van der Waals surface area contributed by atoms with E-state index < -0.39 is 0 Å². The van der Waals surface area contributed by atoms with E-state index in [9.17, 15) is 9.59 Å². The number of H-pyrrole nitrogens is 1. The fourth-order valence-corrected chi connectivity index (χ4v) is 3.45. The predicted octanol–water partition coefficient (Wildman–Crippen LogP) is 2.92. The van der Waals surface area contributed by atoms with Gasteiger partial charge in [0.2, 0.25) is 17.6 Å². The molecule has 0 aliphatic carbocycles. The highest BCUT2D eigenvalue weighted by atomic mass is 16.5. The zero-order chi connectivity index (χ0) is 23.8. The number of carbonyl (C=O) groups is 1. The van der Waals surface area contributed by atoms with Crippen molar-refractivity contribution in [2.24, 2.45) is 0 Å². The number of carbonyl (C=O) groups excluding carboxylic acids is 1. The van der Waals surface area contributed by atoms with E-state index in [1.54, 1.807) is 6.07 Å². The third kappa shape index (κ3) is 5.77. The summed E-state index contributed by atoms with van der Waals surface area (Å²) in [5, 5.41) is 18.0. The van der Waals surface area contributed by atoms with Gasteiger partial charge in [0.1, 0.15) is 5.75 Å². The highest BCUT2D eigenvalue weighted by Gasteiger charge is 2.11. The summed E-state index contributed by atoms with van der Waals surface area (Å²) in [5.74, 6) is 2.13. The fraction of sp³-hybridized carbons (Fsp3) is 0.292. The van der Waals surface area contributed by atoms with Gasteiger partial charge in [-0.25, -0.2) is 5.10 Å². The number of nitrogens with zero attached hydrogens (tertiary/aromatic N) is 3. The first-order valence-corrected chi connectivity index (χ1v) is 11.2. The third-order valence-electron chi connectivity index (χ3n) is 5.10. The Bertz CT molecular complexity index is 1320. The number of ether oxygens (including phenoxy) is 1. The zero-order valence-electron chi connectivity index (χ0n) is 18.8. The Labute approximate surface area is 195 Å². The van der Waals surface area contributed by atoms with Crippen LogP contribution >= 0.6 is 0 Å². The molecule has 2 aromatic heterocycles. The van der Waals surface area contributed by atoms with Gasteiger partial charge in [0.05, 0.1) is 12.0 Å². The maximum atomic E-state index is 12.2. The van der Waals surface area contributed by atoms with E-state index in [4.69, 9.17) is 9.26 Å².